The Kier molecular flexibility index (Phi) is 3.91. The van der Waals surface area contributed by atoms with Crippen LogP contribution in [0.2, 0.25) is 0 Å². The SMILES string of the molecule is CC(NC(=O)CC(C)(C)C)C(=O)O. The van der Waals surface area contributed by atoms with Crippen LogP contribution in [0.3, 0.4) is 0 Å². The summed E-state index contributed by atoms with van der Waals surface area (Å²) >= 11 is 0. The van der Waals surface area contributed by atoms with Crippen molar-refractivity contribution in [3.05, 3.63) is 0 Å². The van der Waals surface area contributed by atoms with Gasteiger partial charge in [-0.3, -0.25) is 9.59 Å². The van der Waals surface area contributed by atoms with Crippen LogP contribution in [-0.4, -0.2) is 23.0 Å². The zero-order valence-corrected chi connectivity index (χ0v) is 8.55. The number of rotatable bonds is 3. The Hall–Kier alpha value is -1.06. The van der Waals surface area contributed by atoms with Gasteiger partial charge in [0.05, 0.1) is 0 Å². The summed E-state index contributed by atoms with van der Waals surface area (Å²) in [6.45, 7) is 7.23. The molecule has 0 aromatic carbocycles. The Morgan fingerprint density at radius 3 is 2.15 bits per heavy atom. The van der Waals surface area contributed by atoms with Crippen molar-refractivity contribution in [3.8, 4) is 0 Å². The van der Waals surface area contributed by atoms with E-state index < -0.39 is 12.0 Å². The minimum Gasteiger partial charge on any atom is -0.480 e. The molecule has 0 aliphatic heterocycles. The maximum Gasteiger partial charge on any atom is 0.325 e. The first kappa shape index (κ1) is 11.9. The fraction of sp³-hybridized carbons (Fsp3) is 0.778. The van der Waals surface area contributed by atoms with Gasteiger partial charge in [-0.1, -0.05) is 20.8 Å². The highest BCUT2D eigenvalue weighted by Crippen LogP contribution is 2.17. The van der Waals surface area contributed by atoms with Gasteiger partial charge in [-0.25, -0.2) is 0 Å². The molecule has 0 rings (SSSR count). The van der Waals surface area contributed by atoms with Crippen LogP contribution < -0.4 is 5.32 Å². The smallest absolute Gasteiger partial charge is 0.325 e. The van der Waals surface area contributed by atoms with Crippen LogP contribution in [0.4, 0.5) is 0 Å². The van der Waals surface area contributed by atoms with E-state index in [1.165, 1.54) is 6.92 Å². The minimum atomic E-state index is -1.01. The first-order chi connectivity index (χ1) is 5.72. The molecule has 4 heteroatoms. The molecule has 2 N–H and O–H groups in total. The topological polar surface area (TPSA) is 66.4 Å². The molecule has 0 aromatic rings. The molecule has 1 unspecified atom stereocenters. The van der Waals surface area contributed by atoms with E-state index in [2.05, 4.69) is 5.32 Å². The van der Waals surface area contributed by atoms with Gasteiger partial charge in [0.25, 0.3) is 0 Å². The van der Waals surface area contributed by atoms with Crippen LogP contribution in [-0.2, 0) is 9.59 Å². The second-order valence-electron chi connectivity index (χ2n) is 4.36. The van der Waals surface area contributed by atoms with Crippen molar-refractivity contribution >= 4 is 11.9 Å². The summed E-state index contributed by atoms with van der Waals surface area (Å²) in [5, 5.41) is 10.9. The summed E-state index contributed by atoms with van der Waals surface area (Å²) in [7, 11) is 0. The standard InChI is InChI=1S/C9H17NO3/c1-6(8(12)13)10-7(11)5-9(2,3)4/h6H,5H2,1-4H3,(H,10,11)(H,12,13). The van der Waals surface area contributed by atoms with Gasteiger partial charge in [0.15, 0.2) is 0 Å². The minimum absolute atomic E-state index is 0.109. The molecule has 0 saturated heterocycles. The van der Waals surface area contributed by atoms with Gasteiger partial charge in [0.1, 0.15) is 6.04 Å². The highest BCUT2D eigenvalue weighted by Gasteiger charge is 2.19. The first-order valence-corrected chi connectivity index (χ1v) is 4.24. The van der Waals surface area contributed by atoms with E-state index in [-0.39, 0.29) is 11.3 Å². The molecule has 0 aliphatic carbocycles. The van der Waals surface area contributed by atoms with Gasteiger partial charge in [0, 0.05) is 6.42 Å². The Bertz CT molecular complexity index is 205. The van der Waals surface area contributed by atoms with Crippen molar-refractivity contribution < 1.29 is 14.7 Å². The maximum absolute atomic E-state index is 11.2. The van der Waals surface area contributed by atoms with Crippen LogP contribution in [0, 0.1) is 5.41 Å². The van der Waals surface area contributed by atoms with Crippen LogP contribution in [0.25, 0.3) is 0 Å². The van der Waals surface area contributed by atoms with E-state index in [0.29, 0.717) is 6.42 Å². The highest BCUT2D eigenvalue weighted by atomic mass is 16.4. The fourth-order valence-electron chi connectivity index (χ4n) is 0.836. The van der Waals surface area contributed by atoms with Gasteiger partial charge in [-0.2, -0.15) is 0 Å². The zero-order chi connectivity index (χ0) is 10.6. The molecule has 0 heterocycles. The van der Waals surface area contributed by atoms with Crippen molar-refractivity contribution in [2.24, 2.45) is 5.41 Å². The molecule has 0 radical (unpaired) electrons. The van der Waals surface area contributed by atoms with Crippen molar-refractivity contribution in [3.63, 3.8) is 0 Å². The Morgan fingerprint density at radius 1 is 1.38 bits per heavy atom. The molecule has 13 heavy (non-hydrogen) atoms. The number of carboxylic acids is 1. The Balaban J connectivity index is 3.96. The molecule has 76 valence electrons. The lowest BCUT2D eigenvalue weighted by Crippen LogP contribution is -2.39. The highest BCUT2D eigenvalue weighted by molar-refractivity contribution is 5.83. The number of aliphatic carboxylic acids is 1. The first-order valence-electron chi connectivity index (χ1n) is 4.24. The van der Waals surface area contributed by atoms with E-state index in [1.807, 2.05) is 20.8 Å². The number of carbonyl (C=O) groups is 2. The quantitative estimate of drug-likeness (QED) is 0.693. The predicted molar refractivity (Wildman–Crippen MR) is 49.3 cm³/mol. The summed E-state index contributed by atoms with van der Waals surface area (Å²) in [6.07, 6.45) is 0.338. The number of nitrogens with one attached hydrogen (secondary N) is 1. The number of carbonyl (C=O) groups excluding carboxylic acids is 1. The number of hydrogen-bond donors (Lipinski definition) is 2. The lowest BCUT2D eigenvalue weighted by atomic mass is 9.92. The van der Waals surface area contributed by atoms with Crippen molar-refractivity contribution in [1.29, 1.82) is 0 Å². The Labute approximate surface area is 78.3 Å². The molecule has 0 saturated carbocycles. The van der Waals surface area contributed by atoms with Crippen LogP contribution in [0.1, 0.15) is 34.1 Å². The van der Waals surface area contributed by atoms with E-state index in [1.54, 1.807) is 0 Å². The van der Waals surface area contributed by atoms with Gasteiger partial charge < -0.3 is 10.4 Å². The predicted octanol–water partition coefficient (Wildman–Crippen LogP) is 1.01. The van der Waals surface area contributed by atoms with Crippen molar-refractivity contribution in [2.75, 3.05) is 0 Å². The van der Waals surface area contributed by atoms with E-state index >= 15 is 0 Å². The zero-order valence-electron chi connectivity index (χ0n) is 8.55. The molecule has 0 fully saturated rings. The lowest BCUT2D eigenvalue weighted by molar-refractivity contribution is -0.141. The van der Waals surface area contributed by atoms with E-state index in [0.717, 1.165) is 0 Å². The molecule has 4 nitrogen and oxygen atoms in total. The average Bonchev–Trinajstić information content (AvgIpc) is 1.81. The molecule has 0 spiro atoms. The number of hydrogen-bond acceptors (Lipinski definition) is 2. The van der Waals surface area contributed by atoms with Gasteiger partial charge in [-0.05, 0) is 12.3 Å². The molecule has 0 bridgehead atoms. The largest absolute Gasteiger partial charge is 0.480 e. The van der Waals surface area contributed by atoms with E-state index in [9.17, 15) is 9.59 Å². The summed E-state index contributed by atoms with van der Waals surface area (Å²) in [4.78, 5) is 21.6. The molecule has 0 aromatic heterocycles. The monoisotopic (exact) mass is 187 g/mol. The number of carboxylic acid groups (broad SMARTS) is 1. The lowest BCUT2D eigenvalue weighted by Gasteiger charge is -2.18. The van der Waals surface area contributed by atoms with Crippen molar-refractivity contribution in [2.45, 2.75) is 40.2 Å². The third kappa shape index (κ3) is 6.13. The van der Waals surface area contributed by atoms with Crippen LogP contribution >= 0.6 is 0 Å². The van der Waals surface area contributed by atoms with Crippen LogP contribution in [0.15, 0.2) is 0 Å². The second kappa shape index (κ2) is 4.25. The second-order valence-corrected chi connectivity index (χ2v) is 4.36. The molecular weight excluding hydrogens is 170 g/mol. The third-order valence-electron chi connectivity index (χ3n) is 1.44. The van der Waals surface area contributed by atoms with Gasteiger partial charge >= 0.3 is 5.97 Å². The average molecular weight is 187 g/mol. The molecule has 0 aliphatic rings. The summed E-state index contributed by atoms with van der Waals surface area (Å²) in [5.74, 6) is -1.23. The number of amides is 1. The fourth-order valence-corrected chi connectivity index (χ4v) is 0.836. The molecular formula is C9H17NO3. The summed E-state index contributed by atoms with van der Waals surface area (Å²) in [6, 6.07) is -0.810. The maximum atomic E-state index is 11.2. The van der Waals surface area contributed by atoms with Crippen molar-refractivity contribution in [1.82, 2.24) is 5.32 Å². The molecule has 1 amide bonds. The summed E-state index contributed by atoms with van der Waals surface area (Å²) in [5.41, 5.74) is -0.109. The summed E-state index contributed by atoms with van der Waals surface area (Å²) < 4.78 is 0. The van der Waals surface area contributed by atoms with E-state index in [4.69, 9.17) is 5.11 Å². The van der Waals surface area contributed by atoms with Gasteiger partial charge in [0.2, 0.25) is 5.91 Å². The third-order valence-corrected chi connectivity index (χ3v) is 1.44. The normalized spacial score (nSPS) is 13.5. The molecule has 1 atom stereocenters. The van der Waals surface area contributed by atoms with Crippen LogP contribution in [0.5, 0.6) is 0 Å². The van der Waals surface area contributed by atoms with Gasteiger partial charge in [-0.15, -0.1) is 0 Å². The Morgan fingerprint density at radius 2 is 1.85 bits per heavy atom.